The lowest BCUT2D eigenvalue weighted by Gasteiger charge is -2.07. The largest absolute Gasteiger partial charge is 0.485 e. The van der Waals surface area contributed by atoms with Crippen molar-refractivity contribution in [2.24, 2.45) is 0 Å². The molecule has 0 saturated carbocycles. The van der Waals surface area contributed by atoms with Crippen LogP contribution < -0.4 is 9.47 Å². The summed E-state index contributed by atoms with van der Waals surface area (Å²) in [7, 11) is 0. The topological polar surface area (TPSA) is 78.9 Å². The third kappa shape index (κ3) is 7.03. The zero-order chi connectivity index (χ0) is 24.5. The van der Waals surface area contributed by atoms with Gasteiger partial charge < -0.3 is 14.2 Å². The summed E-state index contributed by atoms with van der Waals surface area (Å²) in [6, 6.07) is 17.9. The molecule has 0 spiro atoms. The van der Waals surface area contributed by atoms with E-state index in [2.05, 4.69) is 13.2 Å². The number of fused-ring (bicyclic) bond motifs is 1. The van der Waals surface area contributed by atoms with Crippen LogP contribution in [0.15, 0.2) is 91.5 Å². The van der Waals surface area contributed by atoms with Crippen molar-refractivity contribution in [1.82, 2.24) is 0 Å². The molecule has 0 aliphatic heterocycles. The van der Waals surface area contributed by atoms with Gasteiger partial charge in [0.05, 0.1) is 0 Å². The van der Waals surface area contributed by atoms with E-state index in [9.17, 15) is 14.4 Å². The van der Waals surface area contributed by atoms with Crippen molar-refractivity contribution >= 4 is 34.6 Å². The SMILES string of the molecule is C=CC(=O)OCc1ccc(OC(=O)/C=C/c2ccc3cc(OCC(=O)C(=C)C)ccc3c2)cc1. The maximum Gasteiger partial charge on any atom is 0.336 e. The van der Waals surface area contributed by atoms with Crippen molar-refractivity contribution < 1.29 is 28.6 Å². The van der Waals surface area contributed by atoms with Crippen molar-refractivity contribution in [3.63, 3.8) is 0 Å². The van der Waals surface area contributed by atoms with Gasteiger partial charge in [-0.2, -0.15) is 0 Å². The molecule has 0 aliphatic carbocycles. The van der Waals surface area contributed by atoms with Gasteiger partial charge in [-0.3, -0.25) is 4.79 Å². The molecule has 0 saturated heterocycles. The Morgan fingerprint density at radius 1 is 0.882 bits per heavy atom. The molecular formula is C28H24O6. The maximum absolute atomic E-state index is 12.2. The Labute approximate surface area is 197 Å². The summed E-state index contributed by atoms with van der Waals surface area (Å²) >= 11 is 0. The fourth-order valence-corrected chi connectivity index (χ4v) is 2.89. The Bertz CT molecular complexity index is 1270. The fourth-order valence-electron chi connectivity index (χ4n) is 2.89. The third-order valence-corrected chi connectivity index (χ3v) is 4.78. The predicted octanol–water partition coefficient (Wildman–Crippen LogP) is 5.21. The zero-order valence-corrected chi connectivity index (χ0v) is 18.8. The Morgan fingerprint density at radius 2 is 1.56 bits per heavy atom. The Hall–Kier alpha value is -4.45. The van der Waals surface area contributed by atoms with Gasteiger partial charge in [-0.25, -0.2) is 9.59 Å². The van der Waals surface area contributed by atoms with Crippen LogP contribution in [0.1, 0.15) is 18.1 Å². The highest BCUT2D eigenvalue weighted by Crippen LogP contribution is 2.23. The van der Waals surface area contributed by atoms with E-state index in [-0.39, 0.29) is 19.0 Å². The number of benzene rings is 3. The monoisotopic (exact) mass is 456 g/mol. The summed E-state index contributed by atoms with van der Waals surface area (Å²) < 4.78 is 15.8. The summed E-state index contributed by atoms with van der Waals surface area (Å²) in [5.41, 5.74) is 2.05. The number of hydrogen-bond acceptors (Lipinski definition) is 6. The number of Topliss-reactive ketones (excluding diaryl/α,β-unsaturated/α-hetero) is 1. The third-order valence-electron chi connectivity index (χ3n) is 4.78. The first kappa shape index (κ1) is 24.2. The normalized spacial score (nSPS) is 10.6. The molecule has 3 aromatic carbocycles. The van der Waals surface area contributed by atoms with E-state index in [0.717, 1.165) is 28.0 Å². The van der Waals surface area contributed by atoms with E-state index in [1.165, 1.54) is 6.08 Å². The zero-order valence-electron chi connectivity index (χ0n) is 18.8. The fraction of sp³-hybridized carbons (Fsp3) is 0.107. The van der Waals surface area contributed by atoms with Crippen LogP contribution in [0, 0.1) is 0 Å². The number of rotatable bonds is 10. The van der Waals surface area contributed by atoms with E-state index in [1.807, 2.05) is 30.3 Å². The molecule has 0 bridgehead atoms. The molecule has 34 heavy (non-hydrogen) atoms. The van der Waals surface area contributed by atoms with Crippen LogP contribution in [0.3, 0.4) is 0 Å². The highest BCUT2D eigenvalue weighted by atomic mass is 16.5. The summed E-state index contributed by atoms with van der Waals surface area (Å²) in [4.78, 5) is 34.9. The van der Waals surface area contributed by atoms with Crippen molar-refractivity contribution in [2.75, 3.05) is 6.61 Å². The lowest BCUT2D eigenvalue weighted by atomic mass is 10.1. The molecule has 6 nitrogen and oxygen atoms in total. The lowest BCUT2D eigenvalue weighted by Crippen LogP contribution is -2.11. The van der Waals surface area contributed by atoms with Crippen molar-refractivity contribution in [3.8, 4) is 11.5 Å². The van der Waals surface area contributed by atoms with E-state index >= 15 is 0 Å². The van der Waals surface area contributed by atoms with Gasteiger partial charge in [0.15, 0.2) is 12.4 Å². The van der Waals surface area contributed by atoms with Gasteiger partial charge in [-0.1, -0.05) is 43.5 Å². The first-order chi connectivity index (χ1) is 16.3. The van der Waals surface area contributed by atoms with E-state index < -0.39 is 11.9 Å². The molecular weight excluding hydrogens is 432 g/mol. The number of ketones is 1. The van der Waals surface area contributed by atoms with E-state index in [0.29, 0.717) is 17.1 Å². The second kappa shape index (κ2) is 11.4. The maximum atomic E-state index is 12.2. The second-order valence-electron chi connectivity index (χ2n) is 7.47. The molecule has 0 aliphatic rings. The number of carbonyl (C=O) groups excluding carboxylic acids is 3. The molecule has 0 heterocycles. The smallest absolute Gasteiger partial charge is 0.336 e. The molecule has 0 fully saturated rings. The van der Waals surface area contributed by atoms with Gasteiger partial charge >= 0.3 is 11.9 Å². The molecule has 0 unspecified atom stereocenters. The number of ether oxygens (including phenoxy) is 3. The molecule has 3 aromatic rings. The molecule has 0 aromatic heterocycles. The number of carbonyl (C=O) groups is 3. The molecule has 0 amide bonds. The van der Waals surface area contributed by atoms with Crippen molar-refractivity contribution in [3.05, 3.63) is 103 Å². The van der Waals surface area contributed by atoms with Crippen LogP contribution in [0.25, 0.3) is 16.8 Å². The standard InChI is InChI=1S/C28H24O6/c1-4-27(30)33-17-21-6-11-24(12-7-21)34-28(31)14-8-20-5-9-23-16-25(13-10-22(23)15-20)32-18-26(29)19(2)3/h4-16H,1-2,17-18H2,3H3/b14-8+. The minimum Gasteiger partial charge on any atom is -0.485 e. The summed E-state index contributed by atoms with van der Waals surface area (Å²) in [6.45, 7) is 8.67. The van der Waals surface area contributed by atoms with Crippen LogP contribution in [-0.2, 0) is 25.7 Å². The van der Waals surface area contributed by atoms with Crippen LogP contribution in [0.4, 0.5) is 0 Å². The predicted molar refractivity (Wildman–Crippen MR) is 130 cm³/mol. The number of esters is 2. The number of hydrogen-bond donors (Lipinski definition) is 0. The van der Waals surface area contributed by atoms with Gasteiger partial charge in [0.1, 0.15) is 18.1 Å². The van der Waals surface area contributed by atoms with Gasteiger partial charge in [0.2, 0.25) is 0 Å². The van der Waals surface area contributed by atoms with E-state index in [4.69, 9.17) is 14.2 Å². The molecule has 0 radical (unpaired) electrons. The van der Waals surface area contributed by atoms with Crippen molar-refractivity contribution in [2.45, 2.75) is 13.5 Å². The van der Waals surface area contributed by atoms with Crippen LogP contribution in [0.5, 0.6) is 11.5 Å². The summed E-state index contributed by atoms with van der Waals surface area (Å²) in [6.07, 6.45) is 4.11. The van der Waals surface area contributed by atoms with Crippen LogP contribution in [0.2, 0.25) is 0 Å². The highest BCUT2D eigenvalue weighted by Gasteiger charge is 2.06. The Kier molecular flexibility index (Phi) is 8.13. The first-order valence-corrected chi connectivity index (χ1v) is 10.5. The van der Waals surface area contributed by atoms with Gasteiger partial charge in [0, 0.05) is 12.2 Å². The summed E-state index contributed by atoms with van der Waals surface area (Å²) in [5, 5.41) is 1.90. The van der Waals surface area contributed by atoms with Crippen LogP contribution >= 0.6 is 0 Å². The first-order valence-electron chi connectivity index (χ1n) is 10.5. The molecule has 6 heteroatoms. The Morgan fingerprint density at radius 3 is 2.26 bits per heavy atom. The minimum absolute atomic E-state index is 0.0464. The lowest BCUT2D eigenvalue weighted by molar-refractivity contribution is -0.139. The Balaban J connectivity index is 1.57. The van der Waals surface area contributed by atoms with Crippen molar-refractivity contribution in [1.29, 1.82) is 0 Å². The van der Waals surface area contributed by atoms with E-state index in [1.54, 1.807) is 43.3 Å². The van der Waals surface area contributed by atoms with Gasteiger partial charge in [0.25, 0.3) is 0 Å². The average molecular weight is 456 g/mol. The summed E-state index contributed by atoms with van der Waals surface area (Å²) in [5.74, 6) is -0.184. The van der Waals surface area contributed by atoms with Crippen LogP contribution in [-0.4, -0.2) is 24.3 Å². The molecule has 0 atom stereocenters. The average Bonchev–Trinajstić information content (AvgIpc) is 2.85. The second-order valence-corrected chi connectivity index (χ2v) is 7.47. The quantitative estimate of drug-likeness (QED) is 0.237. The molecule has 3 rings (SSSR count). The van der Waals surface area contributed by atoms with Gasteiger partial charge in [-0.15, -0.1) is 0 Å². The minimum atomic E-state index is -0.517. The molecule has 0 N–H and O–H groups in total. The highest BCUT2D eigenvalue weighted by molar-refractivity contribution is 5.95. The van der Waals surface area contributed by atoms with Gasteiger partial charge in [-0.05, 0) is 70.8 Å². The molecule has 172 valence electrons.